The van der Waals surface area contributed by atoms with Gasteiger partial charge in [0.05, 0.1) is 12.8 Å². The highest BCUT2D eigenvalue weighted by Gasteiger charge is 2.27. The normalized spacial score (nSPS) is 11.8. The van der Waals surface area contributed by atoms with Crippen molar-refractivity contribution >= 4 is 24.7 Å². The topological polar surface area (TPSA) is 43.4 Å². The monoisotopic (exact) mass is 342 g/mol. The molecule has 0 heterocycles. The van der Waals surface area contributed by atoms with Gasteiger partial charge in [0, 0.05) is 13.5 Å². The second-order valence-electron chi connectivity index (χ2n) is 5.81. The SMILES string of the molecule is CCOC(=O)CP(C(=O)c1c(C)cc(C)cc1C)c1ccccc1. The van der Waals surface area contributed by atoms with Crippen LogP contribution in [0.3, 0.4) is 0 Å². The predicted molar refractivity (Wildman–Crippen MR) is 99.5 cm³/mol. The number of esters is 1. The molecule has 0 amide bonds. The van der Waals surface area contributed by atoms with Gasteiger partial charge in [0.2, 0.25) is 0 Å². The number of aryl methyl sites for hydroxylation is 3. The minimum Gasteiger partial charge on any atom is -0.466 e. The van der Waals surface area contributed by atoms with Crippen molar-refractivity contribution in [3.8, 4) is 0 Å². The zero-order chi connectivity index (χ0) is 17.7. The van der Waals surface area contributed by atoms with Gasteiger partial charge in [-0.2, -0.15) is 0 Å². The van der Waals surface area contributed by atoms with Gasteiger partial charge < -0.3 is 4.74 Å². The Balaban J connectivity index is 2.44. The molecule has 2 rings (SSSR count). The van der Waals surface area contributed by atoms with Crippen LogP contribution in [0.5, 0.6) is 0 Å². The highest BCUT2D eigenvalue weighted by molar-refractivity contribution is 7.82. The molecule has 3 nitrogen and oxygen atoms in total. The molecule has 0 radical (unpaired) electrons. The standard InChI is InChI=1S/C20H23O3P/c1-5-23-18(21)13-24(17-9-7-6-8-10-17)20(22)19-15(3)11-14(2)12-16(19)4/h6-12H,5,13H2,1-4H3. The largest absolute Gasteiger partial charge is 0.466 e. The summed E-state index contributed by atoms with van der Waals surface area (Å²) in [6.07, 6.45) is 0.124. The molecule has 0 spiro atoms. The van der Waals surface area contributed by atoms with Crippen LogP contribution in [0.1, 0.15) is 34.0 Å². The number of benzene rings is 2. The minimum absolute atomic E-state index is 0.0410. The molecule has 0 aliphatic heterocycles. The summed E-state index contributed by atoms with van der Waals surface area (Å²) in [5.41, 5.74) is 3.84. The third kappa shape index (κ3) is 4.30. The lowest BCUT2D eigenvalue weighted by Crippen LogP contribution is -2.19. The van der Waals surface area contributed by atoms with Crippen molar-refractivity contribution < 1.29 is 14.3 Å². The Morgan fingerprint density at radius 2 is 1.58 bits per heavy atom. The molecule has 1 unspecified atom stereocenters. The smallest absolute Gasteiger partial charge is 0.310 e. The third-order valence-corrected chi connectivity index (χ3v) is 6.01. The van der Waals surface area contributed by atoms with Gasteiger partial charge in [0.15, 0.2) is 5.52 Å². The van der Waals surface area contributed by atoms with E-state index < -0.39 is 7.92 Å². The molecular weight excluding hydrogens is 319 g/mol. The third-order valence-electron chi connectivity index (χ3n) is 3.80. The fourth-order valence-electron chi connectivity index (χ4n) is 2.88. The number of carbonyl (C=O) groups excluding carboxylic acids is 2. The molecule has 0 saturated heterocycles. The number of carbonyl (C=O) groups is 2. The number of hydrogen-bond acceptors (Lipinski definition) is 3. The van der Waals surface area contributed by atoms with Gasteiger partial charge in [-0.3, -0.25) is 9.59 Å². The molecule has 126 valence electrons. The zero-order valence-electron chi connectivity index (χ0n) is 14.6. The van der Waals surface area contributed by atoms with E-state index in [1.807, 2.05) is 63.2 Å². The number of ether oxygens (including phenoxy) is 1. The van der Waals surface area contributed by atoms with Crippen LogP contribution in [-0.4, -0.2) is 24.3 Å². The van der Waals surface area contributed by atoms with Crippen molar-refractivity contribution in [1.82, 2.24) is 0 Å². The highest BCUT2D eigenvalue weighted by Crippen LogP contribution is 2.40. The first-order valence-electron chi connectivity index (χ1n) is 8.04. The van der Waals surface area contributed by atoms with Gasteiger partial charge in [-0.15, -0.1) is 0 Å². The average Bonchev–Trinajstić information content (AvgIpc) is 2.52. The van der Waals surface area contributed by atoms with Gasteiger partial charge in [0.1, 0.15) is 0 Å². The van der Waals surface area contributed by atoms with E-state index in [0.29, 0.717) is 6.61 Å². The van der Waals surface area contributed by atoms with Crippen LogP contribution in [0.15, 0.2) is 42.5 Å². The maximum absolute atomic E-state index is 13.3. The van der Waals surface area contributed by atoms with Crippen LogP contribution < -0.4 is 5.30 Å². The second-order valence-corrected chi connectivity index (χ2v) is 7.90. The van der Waals surface area contributed by atoms with Crippen molar-refractivity contribution in [1.29, 1.82) is 0 Å². The summed E-state index contributed by atoms with van der Waals surface area (Å²) in [4.78, 5) is 25.3. The van der Waals surface area contributed by atoms with Crippen LogP contribution in [0, 0.1) is 20.8 Å². The van der Waals surface area contributed by atoms with Crippen molar-refractivity contribution in [2.45, 2.75) is 27.7 Å². The van der Waals surface area contributed by atoms with Crippen molar-refractivity contribution in [2.24, 2.45) is 0 Å². The first kappa shape index (κ1) is 18.4. The molecule has 2 aromatic rings. The second kappa shape index (κ2) is 8.21. The average molecular weight is 342 g/mol. The number of rotatable bonds is 6. The molecule has 1 atom stereocenters. The fourth-order valence-corrected chi connectivity index (χ4v) is 4.94. The Labute approximate surface area is 144 Å². The first-order chi connectivity index (χ1) is 11.4. The highest BCUT2D eigenvalue weighted by atomic mass is 31.1. The summed E-state index contributed by atoms with van der Waals surface area (Å²) in [5.74, 6) is -0.316. The Morgan fingerprint density at radius 3 is 2.12 bits per heavy atom. The molecule has 24 heavy (non-hydrogen) atoms. The van der Waals surface area contributed by atoms with Crippen LogP contribution in [0.4, 0.5) is 0 Å². The van der Waals surface area contributed by atoms with Gasteiger partial charge in [-0.05, 0) is 44.1 Å². The minimum atomic E-state index is -1.30. The molecule has 4 heteroatoms. The molecular formula is C20H23O3P. The van der Waals surface area contributed by atoms with Crippen molar-refractivity contribution in [3.63, 3.8) is 0 Å². The summed E-state index contributed by atoms with van der Waals surface area (Å²) in [7, 11) is -1.30. The quantitative estimate of drug-likeness (QED) is 0.586. The maximum Gasteiger partial charge on any atom is 0.310 e. The lowest BCUT2D eigenvalue weighted by molar-refractivity contribution is -0.139. The van der Waals surface area contributed by atoms with Crippen LogP contribution in [-0.2, 0) is 9.53 Å². The Kier molecular flexibility index (Phi) is 6.28. The van der Waals surface area contributed by atoms with E-state index >= 15 is 0 Å². The zero-order valence-corrected chi connectivity index (χ0v) is 15.5. The molecule has 0 bridgehead atoms. The van der Waals surface area contributed by atoms with Crippen molar-refractivity contribution in [2.75, 3.05) is 12.8 Å². The number of hydrogen-bond donors (Lipinski definition) is 0. The van der Waals surface area contributed by atoms with E-state index in [0.717, 1.165) is 27.6 Å². The summed E-state index contributed by atoms with van der Waals surface area (Å²) in [6, 6.07) is 13.6. The molecule has 0 saturated carbocycles. The lowest BCUT2D eigenvalue weighted by atomic mass is 10.0. The maximum atomic E-state index is 13.3. The lowest BCUT2D eigenvalue weighted by Gasteiger charge is -2.19. The van der Waals surface area contributed by atoms with Crippen LogP contribution in [0.25, 0.3) is 0 Å². The summed E-state index contributed by atoms with van der Waals surface area (Å²) < 4.78 is 5.08. The Hall–Kier alpha value is -1.99. The van der Waals surface area contributed by atoms with Gasteiger partial charge in [-0.1, -0.05) is 48.0 Å². The van der Waals surface area contributed by atoms with Crippen molar-refractivity contribution in [3.05, 3.63) is 64.7 Å². The summed E-state index contributed by atoms with van der Waals surface area (Å²) >= 11 is 0. The summed E-state index contributed by atoms with van der Waals surface area (Å²) in [6.45, 7) is 8.03. The first-order valence-corrected chi connectivity index (χ1v) is 9.57. The van der Waals surface area contributed by atoms with E-state index in [4.69, 9.17) is 4.74 Å². The molecule has 0 aliphatic rings. The molecule has 0 aliphatic carbocycles. The van der Waals surface area contributed by atoms with Gasteiger partial charge in [-0.25, -0.2) is 0 Å². The van der Waals surface area contributed by atoms with E-state index in [-0.39, 0.29) is 17.7 Å². The van der Waals surface area contributed by atoms with E-state index in [1.54, 1.807) is 6.92 Å². The Morgan fingerprint density at radius 1 is 1.00 bits per heavy atom. The fraction of sp³-hybridized carbons (Fsp3) is 0.300. The predicted octanol–water partition coefficient (Wildman–Crippen LogP) is 4.12. The van der Waals surface area contributed by atoms with Gasteiger partial charge in [0.25, 0.3) is 0 Å². The van der Waals surface area contributed by atoms with Crippen LogP contribution in [0.2, 0.25) is 0 Å². The van der Waals surface area contributed by atoms with E-state index in [1.165, 1.54) is 0 Å². The molecule has 0 aromatic heterocycles. The van der Waals surface area contributed by atoms with Crippen LogP contribution >= 0.6 is 7.92 Å². The molecule has 0 N–H and O–H groups in total. The summed E-state index contributed by atoms with van der Waals surface area (Å²) in [5, 5.41) is 0.907. The van der Waals surface area contributed by atoms with E-state index in [9.17, 15) is 9.59 Å². The molecule has 0 fully saturated rings. The molecule has 2 aromatic carbocycles. The van der Waals surface area contributed by atoms with E-state index in [2.05, 4.69) is 0 Å². The Bertz CT molecular complexity index is 715. The van der Waals surface area contributed by atoms with Gasteiger partial charge >= 0.3 is 5.97 Å².